The van der Waals surface area contributed by atoms with Gasteiger partial charge in [0.05, 0.1) is 13.2 Å². The molecule has 1 saturated carbocycles. The highest BCUT2D eigenvalue weighted by Crippen LogP contribution is 2.49. The topological polar surface area (TPSA) is 103 Å². The van der Waals surface area contributed by atoms with E-state index in [0.717, 1.165) is 0 Å². The van der Waals surface area contributed by atoms with Gasteiger partial charge in [-0.25, -0.2) is 0 Å². The lowest BCUT2D eigenvalue weighted by atomic mass is 9.54. The van der Waals surface area contributed by atoms with E-state index in [4.69, 9.17) is 15.2 Å². The largest absolute Gasteiger partial charge is 0.497 e. The maximum absolute atomic E-state index is 12.5. The quantitative estimate of drug-likeness (QED) is 0.575. The van der Waals surface area contributed by atoms with Crippen LogP contribution in [-0.2, 0) is 9.53 Å². The second-order valence-electron chi connectivity index (χ2n) is 7.08. The highest BCUT2D eigenvalue weighted by atomic mass is 35.5. The summed E-state index contributed by atoms with van der Waals surface area (Å²) in [4.78, 5) is 24.5. The third kappa shape index (κ3) is 4.72. The van der Waals surface area contributed by atoms with Crippen molar-refractivity contribution in [3.05, 3.63) is 29.8 Å². The zero-order valence-corrected chi connectivity index (χ0v) is 17.2. The number of carbonyl (C=O) groups is 2. The van der Waals surface area contributed by atoms with Crippen LogP contribution in [0.25, 0.3) is 0 Å². The van der Waals surface area contributed by atoms with Gasteiger partial charge in [0.1, 0.15) is 11.3 Å². The molecule has 0 spiro atoms. The molecule has 7 nitrogen and oxygen atoms in total. The molecule has 8 heteroatoms. The van der Waals surface area contributed by atoms with Crippen molar-refractivity contribution in [3.63, 3.8) is 0 Å². The summed E-state index contributed by atoms with van der Waals surface area (Å²) in [5.41, 5.74) is 5.47. The van der Waals surface area contributed by atoms with Gasteiger partial charge in [0.25, 0.3) is 5.91 Å². The van der Waals surface area contributed by atoms with Crippen LogP contribution >= 0.6 is 12.4 Å². The average Bonchev–Trinajstić information content (AvgIpc) is 2.64. The fourth-order valence-electron chi connectivity index (χ4n) is 3.17. The Kier molecular flexibility index (Phi) is 8.07. The Bertz CT molecular complexity index is 651. The maximum Gasteiger partial charge on any atom is 0.251 e. The van der Waals surface area contributed by atoms with E-state index in [1.54, 1.807) is 31.4 Å². The number of hydrogen-bond acceptors (Lipinski definition) is 5. The fraction of sp³-hybridized carbons (Fsp3) is 0.579. The van der Waals surface area contributed by atoms with Crippen LogP contribution < -0.4 is 21.1 Å². The highest BCUT2D eigenvalue weighted by molar-refractivity contribution is 5.94. The van der Waals surface area contributed by atoms with E-state index < -0.39 is 11.0 Å². The van der Waals surface area contributed by atoms with Gasteiger partial charge in [-0.05, 0) is 31.2 Å². The second-order valence-corrected chi connectivity index (χ2v) is 7.08. The van der Waals surface area contributed by atoms with E-state index in [2.05, 4.69) is 10.6 Å². The third-order valence-electron chi connectivity index (χ3n) is 5.28. The minimum Gasteiger partial charge on any atom is -0.497 e. The molecule has 0 aliphatic heterocycles. The summed E-state index contributed by atoms with van der Waals surface area (Å²) in [7, 11) is 1.57. The summed E-state index contributed by atoms with van der Waals surface area (Å²) in [6.07, 6.45) is 0.482. The summed E-state index contributed by atoms with van der Waals surface area (Å²) in [5.74, 6) is 0.275. The molecule has 27 heavy (non-hydrogen) atoms. The number of amides is 2. The molecule has 1 aromatic rings. The van der Waals surface area contributed by atoms with Crippen LogP contribution in [0, 0.1) is 5.41 Å². The molecular formula is C19H30ClN3O4. The number of halogens is 1. The lowest BCUT2D eigenvalue weighted by Crippen LogP contribution is -2.75. The molecule has 0 aromatic heterocycles. The Balaban J connectivity index is 0.00000364. The molecule has 0 radical (unpaired) electrons. The first-order valence-electron chi connectivity index (χ1n) is 8.87. The zero-order valence-electron chi connectivity index (χ0n) is 16.3. The van der Waals surface area contributed by atoms with E-state index in [1.807, 2.05) is 20.8 Å². The van der Waals surface area contributed by atoms with Crippen LogP contribution in [0.1, 0.15) is 37.6 Å². The van der Waals surface area contributed by atoms with Crippen molar-refractivity contribution in [2.45, 2.75) is 38.8 Å². The normalized spacial score (nSPS) is 22.8. The minimum atomic E-state index is -0.952. The maximum atomic E-state index is 12.5. The fourth-order valence-corrected chi connectivity index (χ4v) is 3.17. The smallest absolute Gasteiger partial charge is 0.251 e. The van der Waals surface area contributed by atoms with Crippen molar-refractivity contribution in [1.82, 2.24) is 10.6 Å². The number of methoxy groups -OCH3 is 1. The van der Waals surface area contributed by atoms with E-state index >= 15 is 0 Å². The first kappa shape index (κ1) is 23.2. The number of ether oxygens (including phenoxy) is 2. The lowest BCUT2D eigenvalue weighted by molar-refractivity contribution is -0.170. The molecule has 0 bridgehead atoms. The molecule has 2 amide bonds. The standard InChI is InChI=1S/C19H29N3O4.ClH/c1-5-26-15-12-19(20,18(15,2)3)17(24)22-11-10-21-16(23)13-6-8-14(25-4)9-7-13;/h6-9,15H,5,10-12,20H2,1-4H3,(H,21,23)(H,22,24);1H. The van der Waals surface area contributed by atoms with E-state index in [0.29, 0.717) is 37.4 Å². The van der Waals surface area contributed by atoms with Gasteiger partial charge in [0.2, 0.25) is 5.91 Å². The first-order valence-corrected chi connectivity index (χ1v) is 8.87. The Morgan fingerprint density at radius 3 is 2.30 bits per heavy atom. The number of nitrogens with one attached hydrogen (secondary N) is 2. The van der Waals surface area contributed by atoms with Crippen molar-refractivity contribution in [2.75, 3.05) is 26.8 Å². The van der Waals surface area contributed by atoms with Crippen LogP contribution in [0.15, 0.2) is 24.3 Å². The number of nitrogens with two attached hydrogens (primary N) is 1. The van der Waals surface area contributed by atoms with Gasteiger partial charge in [-0.1, -0.05) is 13.8 Å². The van der Waals surface area contributed by atoms with Crippen LogP contribution in [0.4, 0.5) is 0 Å². The molecule has 0 saturated heterocycles. The Hall–Kier alpha value is -1.83. The number of rotatable bonds is 8. The van der Waals surface area contributed by atoms with E-state index in [-0.39, 0.29) is 30.3 Å². The van der Waals surface area contributed by atoms with Crippen molar-refractivity contribution in [2.24, 2.45) is 11.1 Å². The number of hydrogen-bond donors (Lipinski definition) is 3. The van der Waals surface area contributed by atoms with Crippen LogP contribution in [0.3, 0.4) is 0 Å². The predicted molar refractivity (Wildman–Crippen MR) is 106 cm³/mol. The molecule has 152 valence electrons. The van der Waals surface area contributed by atoms with Gasteiger partial charge in [-0.2, -0.15) is 0 Å². The van der Waals surface area contributed by atoms with Gasteiger partial charge < -0.3 is 25.8 Å². The van der Waals surface area contributed by atoms with Gasteiger partial charge in [-0.3, -0.25) is 9.59 Å². The van der Waals surface area contributed by atoms with Gasteiger partial charge >= 0.3 is 0 Å². The van der Waals surface area contributed by atoms with Gasteiger partial charge in [0.15, 0.2) is 0 Å². The highest BCUT2D eigenvalue weighted by Gasteiger charge is 2.62. The minimum absolute atomic E-state index is 0. The average molecular weight is 400 g/mol. The van der Waals surface area contributed by atoms with Crippen LogP contribution in [0.5, 0.6) is 5.75 Å². The van der Waals surface area contributed by atoms with Crippen LogP contribution in [-0.4, -0.2) is 50.3 Å². The first-order chi connectivity index (χ1) is 12.3. The molecular weight excluding hydrogens is 370 g/mol. The summed E-state index contributed by atoms with van der Waals surface area (Å²) in [6, 6.07) is 6.82. The number of carbonyl (C=O) groups excluding carboxylic acids is 2. The van der Waals surface area contributed by atoms with Crippen LogP contribution in [0.2, 0.25) is 0 Å². The molecule has 2 unspecified atom stereocenters. The van der Waals surface area contributed by atoms with E-state index in [1.165, 1.54) is 0 Å². The van der Waals surface area contributed by atoms with Crippen molar-refractivity contribution >= 4 is 24.2 Å². The second kappa shape index (κ2) is 9.39. The summed E-state index contributed by atoms with van der Waals surface area (Å²) < 4.78 is 10.7. The molecule has 1 aromatic carbocycles. The molecule has 1 aliphatic carbocycles. The SMILES string of the molecule is CCOC1CC(N)(C(=O)NCCNC(=O)c2ccc(OC)cc2)C1(C)C.Cl. The van der Waals surface area contributed by atoms with Crippen molar-refractivity contribution < 1.29 is 19.1 Å². The molecule has 2 rings (SSSR count). The van der Waals surface area contributed by atoms with Crippen molar-refractivity contribution in [1.29, 1.82) is 0 Å². The number of benzene rings is 1. The summed E-state index contributed by atoms with van der Waals surface area (Å²) >= 11 is 0. The monoisotopic (exact) mass is 399 g/mol. The Labute approximate surface area is 166 Å². The summed E-state index contributed by atoms with van der Waals surface area (Å²) in [6.45, 7) is 7.06. The molecule has 1 fully saturated rings. The third-order valence-corrected chi connectivity index (χ3v) is 5.28. The summed E-state index contributed by atoms with van der Waals surface area (Å²) in [5, 5.41) is 5.58. The molecule has 0 heterocycles. The zero-order chi connectivity index (χ0) is 19.4. The Morgan fingerprint density at radius 1 is 1.19 bits per heavy atom. The van der Waals surface area contributed by atoms with E-state index in [9.17, 15) is 9.59 Å². The molecule has 4 N–H and O–H groups in total. The van der Waals surface area contributed by atoms with Crippen molar-refractivity contribution in [3.8, 4) is 5.75 Å². The van der Waals surface area contributed by atoms with Gasteiger partial charge in [0, 0.05) is 37.1 Å². The Morgan fingerprint density at radius 2 is 1.78 bits per heavy atom. The molecule has 2 atom stereocenters. The van der Waals surface area contributed by atoms with Gasteiger partial charge in [-0.15, -0.1) is 12.4 Å². The lowest BCUT2D eigenvalue weighted by Gasteiger charge is -2.57. The predicted octanol–water partition coefficient (Wildman–Crippen LogP) is 1.50. The molecule has 1 aliphatic rings.